The van der Waals surface area contributed by atoms with Crippen molar-refractivity contribution in [3.8, 4) is 10.6 Å². The van der Waals surface area contributed by atoms with E-state index in [-0.39, 0.29) is 23.1 Å². The molecule has 1 aromatic heterocycles. The molecule has 0 aliphatic heterocycles. The normalized spacial score (nSPS) is 13.3. The molecule has 0 aliphatic rings. The van der Waals surface area contributed by atoms with Gasteiger partial charge in [-0.25, -0.2) is 0 Å². The third-order valence-corrected chi connectivity index (χ3v) is 6.90. The zero-order chi connectivity index (χ0) is 24.2. The molecule has 6 nitrogen and oxygen atoms in total. The summed E-state index contributed by atoms with van der Waals surface area (Å²) in [5.74, 6) is -0.635. The number of carbonyl (C=O) groups is 2. The van der Waals surface area contributed by atoms with Crippen molar-refractivity contribution >= 4 is 44.2 Å². The van der Waals surface area contributed by atoms with Gasteiger partial charge in [0.15, 0.2) is 0 Å². The molecule has 8 heteroatoms. The number of benzene rings is 2. The number of nitrogens with one attached hydrogen (secondary N) is 2. The van der Waals surface area contributed by atoms with E-state index >= 15 is 0 Å². The molecule has 0 radical (unpaired) electrons. The van der Waals surface area contributed by atoms with Crippen LogP contribution in [0.15, 0.2) is 53.0 Å². The smallest absolute Gasteiger partial charge is 0.251 e. The molecule has 0 aliphatic carbocycles. The van der Waals surface area contributed by atoms with E-state index in [2.05, 4.69) is 57.5 Å². The first-order valence-electron chi connectivity index (χ1n) is 10.9. The lowest BCUT2D eigenvalue weighted by atomic mass is 9.86. The highest BCUT2D eigenvalue weighted by Gasteiger charge is 2.27. The molecular formula is C25H29BrN4O2S. The van der Waals surface area contributed by atoms with Crippen LogP contribution >= 0.6 is 27.3 Å². The number of rotatable bonds is 7. The van der Waals surface area contributed by atoms with Crippen LogP contribution in [0, 0.1) is 5.92 Å². The average molecular weight is 530 g/mol. The van der Waals surface area contributed by atoms with Gasteiger partial charge < -0.3 is 5.32 Å². The standard InChI is InChI=1S/C25H29BrN4O2S/c1-6-15(2)20(27-21(31)16-10-12-18(13-11-16)25(3,4)5)22(32)28-24-30-29-23(33-24)17-8-7-9-19(26)14-17/h7-15,20H,6H2,1-5H3,(H,27,31)(H,28,30,32)/t15-,20+/m0/s1. The van der Waals surface area contributed by atoms with Gasteiger partial charge in [0.1, 0.15) is 11.0 Å². The fourth-order valence-corrected chi connectivity index (χ4v) is 4.39. The van der Waals surface area contributed by atoms with Gasteiger partial charge in [-0.05, 0) is 41.2 Å². The first-order chi connectivity index (χ1) is 15.6. The van der Waals surface area contributed by atoms with Crippen molar-refractivity contribution in [3.63, 3.8) is 0 Å². The van der Waals surface area contributed by atoms with E-state index in [9.17, 15) is 9.59 Å². The Morgan fingerprint density at radius 3 is 2.39 bits per heavy atom. The topological polar surface area (TPSA) is 84.0 Å². The molecule has 174 valence electrons. The molecule has 33 heavy (non-hydrogen) atoms. The maximum absolute atomic E-state index is 13.1. The Morgan fingerprint density at radius 2 is 1.79 bits per heavy atom. The van der Waals surface area contributed by atoms with E-state index in [1.807, 2.05) is 50.2 Å². The van der Waals surface area contributed by atoms with E-state index in [0.29, 0.717) is 15.7 Å². The lowest BCUT2D eigenvalue weighted by Gasteiger charge is -2.23. The molecule has 3 aromatic rings. The van der Waals surface area contributed by atoms with Crippen LogP contribution in [0.25, 0.3) is 10.6 Å². The third kappa shape index (κ3) is 6.48. The maximum Gasteiger partial charge on any atom is 0.251 e. The van der Waals surface area contributed by atoms with Crippen LogP contribution in [-0.2, 0) is 10.2 Å². The van der Waals surface area contributed by atoms with E-state index in [1.165, 1.54) is 11.3 Å². The molecule has 3 rings (SSSR count). The minimum Gasteiger partial charge on any atom is -0.340 e. The second-order valence-corrected chi connectivity index (χ2v) is 11.0. The summed E-state index contributed by atoms with van der Waals surface area (Å²) >= 11 is 4.74. The first kappa shape index (κ1) is 25.1. The van der Waals surface area contributed by atoms with Crippen LogP contribution in [0.1, 0.15) is 57.0 Å². The Kier molecular flexibility index (Phi) is 8.02. The van der Waals surface area contributed by atoms with Gasteiger partial charge >= 0.3 is 0 Å². The number of hydrogen-bond donors (Lipinski definition) is 2. The fraction of sp³-hybridized carbons (Fsp3) is 0.360. The summed E-state index contributed by atoms with van der Waals surface area (Å²) in [6.07, 6.45) is 0.737. The highest BCUT2D eigenvalue weighted by atomic mass is 79.9. The number of nitrogens with zero attached hydrogens (tertiary/aromatic N) is 2. The van der Waals surface area contributed by atoms with Crippen LogP contribution < -0.4 is 10.6 Å². The van der Waals surface area contributed by atoms with Gasteiger partial charge in [0.25, 0.3) is 5.91 Å². The molecule has 2 atom stereocenters. The van der Waals surface area contributed by atoms with Crippen LogP contribution in [0.3, 0.4) is 0 Å². The highest BCUT2D eigenvalue weighted by molar-refractivity contribution is 9.10. The monoisotopic (exact) mass is 528 g/mol. The highest BCUT2D eigenvalue weighted by Crippen LogP contribution is 2.28. The largest absolute Gasteiger partial charge is 0.340 e. The molecule has 0 saturated heterocycles. The Labute approximate surface area is 207 Å². The van der Waals surface area contributed by atoms with Gasteiger partial charge in [-0.3, -0.25) is 14.9 Å². The summed E-state index contributed by atoms with van der Waals surface area (Å²) in [6.45, 7) is 10.3. The van der Waals surface area contributed by atoms with E-state index < -0.39 is 6.04 Å². The van der Waals surface area contributed by atoms with Gasteiger partial charge in [0.2, 0.25) is 11.0 Å². The zero-order valence-corrected chi connectivity index (χ0v) is 21.9. The summed E-state index contributed by atoms with van der Waals surface area (Å²) in [4.78, 5) is 26.0. The van der Waals surface area contributed by atoms with Crippen molar-refractivity contribution in [2.45, 2.75) is 52.5 Å². The van der Waals surface area contributed by atoms with Gasteiger partial charge in [0.05, 0.1) is 0 Å². The second-order valence-electron chi connectivity index (χ2n) is 9.08. The summed E-state index contributed by atoms with van der Waals surface area (Å²) < 4.78 is 0.941. The second kappa shape index (κ2) is 10.6. The molecule has 0 saturated carbocycles. The van der Waals surface area contributed by atoms with Crippen LogP contribution in [-0.4, -0.2) is 28.1 Å². The summed E-state index contributed by atoms with van der Waals surface area (Å²) in [7, 11) is 0. The van der Waals surface area contributed by atoms with Crippen LogP contribution in [0.4, 0.5) is 5.13 Å². The van der Waals surface area contributed by atoms with Gasteiger partial charge in [-0.15, -0.1) is 10.2 Å². The van der Waals surface area contributed by atoms with Gasteiger partial charge in [-0.2, -0.15) is 0 Å². The molecule has 1 heterocycles. The number of aromatic nitrogens is 2. The maximum atomic E-state index is 13.1. The van der Waals surface area contributed by atoms with E-state index in [1.54, 1.807) is 12.1 Å². The van der Waals surface area contributed by atoms with E-state index in [0.717, 1.165) is 22.0 Å². The predicted molar refractivity (Wildman–Crippen MR) is 138 cm³/mol. The first-order valence-corrected chi connectivity index (χ1v) is 12.5. The van der Waals surface area contributed by atoms with Crippen molar-refractivity contribution < 1.29 is 9.59 Å². The fourth-order valence-electron chi connectivity index (χ4n) is 3.24. The lowest BCUT2D eigenvalue weighted by molar-refractivity contribution is -0.119. The molecule has 2 N–H and O–H groups in total. The van der Waals surface area contributed by atoms with Crippen molar-refractivity contribution in [1.82, 2.24) is 15.5 Å². The quantitative estimate of drug-likeness (QED) is 0.391. The lowest BCUT2D eigenvalue weighted by Crippen LogP contribution is -2.47. The Hall–Kier alpha value is -2.58. The minimum absolute atomic E-state index is 0.00454. The summed E-state index contributed by atoms with van der Waals surface area (Å²) in [6, 6.07) is 14.6. The van der Waals surface area contributed by atoms with Crippen molar-refractivity contribution in [2.75, 3.05) is 5.32 Å². The number of hydrogen-bond acceptors (Lipinski definition) is 5. The summed E-state index contributed by atoms with van der Waals surface area (Å²) in [5, 5.41) is 15.1. The average Bonchev–Trinajstić information content (AvgIpc) is 3.24. The molecule has 2 amide bonds. The zero-order valence-electron chi connectivity index (χ0n) is 19.5. The van der Waals surface area contributed by atoms with Crippen LogP contribution in [0.5, 0.6) is 0 Å². The van der Waals surface area contributed by atoms with Gasteiger partial charge in [0, 0.05) is 15.6 Å². The number of halogens is 1. The Bertz CT molecular complexity index is 1120. The Morgan fingerprint density at radius 1 is 1.09 bits per heavy atom. The molecule has 0 unspecified atom stereocenters. The predicted octanol–water partition coefficient (Wildman–Crippen LogP) is 6.05. The Balaban J connectivity index is 1.72. The van der Waals surface area contributed by atoms with Crippen molar-refractivity contribution in [2.24, 2.45) is 5.92 Å². The molecular weight excluding hydrogens is 500 g/mol. The van der Waals surface area contributed by atoms with E-state index in [4.69, 9.17) is 0 Å². The van der Waals surface area contributed by atoms with Crippen molar-refractivity contribution in [1.29, 1.82) is 0 Å². The molecule has 2 aromatic carbocycles. The number of amides is 2. The summed E-state index contributed by atoms with van der Waals surface area (Å²) in [5.41, 5.74) is 2.59. The molecule has 0 fully saturated rings. The molecule has 0 bridgehead atoms. The number of carbonyl (C=O) groups excluding carboxylic acids is 2. The SMILES string of the molecule is CC[C@H](C)[C@@H](NC(=O)c1ccc(C(C)(C)C)cc1)C(=O)Nc1nnc(-c2cccc(Br)c2)s1. The number of anilines is 1. The third-order valence-electron chi connectivity index (χ3n) is 5.52. The van der Waals surface area contributed by atoms with Crippen molar-refractivity contribution in [3.05, 3.63) is 64.1 Å². The minimum atomic E-state index is -0.692. The van der Waals surface area contributed by atoms with Gasteiger partial charge in [-0.1, -0.05) is 92.6 Å². The molecule has 0 spiro atoms. The van der Waals surface area contributed by atoms with Crippen LogP contribution in [0.2, 0.25) is 0 Å².